The van der Waals surface area contributed by atoms with Gasteiger partial charge in [-0.25, -0.2) is 4.39 Å². The van der Waals surface area contributed by atoms with E-state index in [1.807, 2.05) is 0 Å². The number of nitrogens with one attached hydrogen (secondary N) is 1. The first kappa shape index (κ1) is 14.1. The van der Waals surface area contributed by atoms with E-state index in [9.17, 15) is 19.4 Å². The monoisotopic (exact) mass is 252 g/mol. The fraction of sp³-hybridized carbons (Fsp3) is 0.333. The highest BCUT2D eigenvalue weighted by atomic mass is 19.1. The van der Waals surface area contributed by atoms with Crippen molar-refractivity contribution in [2.24, 2.45) is 0 Å². The second-order valence-electron chi connectivity index (χ2n) is 3.77. The van der Waals surface area contributed by atoms with Gasteiger partial charge >= 0.3 is 0 Å². The van der Waals surface area contributed by atoms with Crippen molar-refractivity contribution < 1.29 is 19.4 Å². The molecular formula is C12H13FN2O3. The van der Waals surface area contributed by atoms with Gasteiger partial charge in [-0.1, -0.05) is 12.1 Å². The summed E-state index contributed by atoms with van der Waals surface area (Å²) in [7, 11) is 0. The van der Waals surface area contributed by atoms with Gasteiger partial charge in [-0.15, -0.1) is 0 Å². The number of carbonyl (C=O) groups is 1. The molecule has 3 N–H and O–H groups in total. The number of rotatable bonds is 4. The predicted octanol–water partition coefficient (Wildman–Crippen LogP) is 0.228. The van der Waals surface area contributed by atoms with Gasteiger partial charge in [0.05, 0.1) is 5.56 Å². The van der Waals surface area contributed by atoms with Gasteiger partial charge in [0.2, 0.25) is 5.91 Å². The average molecular weight is 252 g/mol. The summed E-state index contributed by atoms with van der Waals surface area (Å²) < 4.78 is 13.3. The summed E-state index contributed by atoms with van der Waals surface area (Å²) in [5.41, 5.74) is -0.317. The third-order valence-electron chi connectivity index (χ3n) is 2.40. The molecule has 0 spiro atoms. The van der Waals surface area contributed by atoms with Crippen LogP contribution in [0.1, 0.15) is 24.2 Å². The number of hydrogen-bond acceptors (Lipinski definition) is 4. The Balaban J connectivity index is 2.90. The fourth-order valence-electron chi connectivity index (χ4n) is 1.47. The molecule has 1 aromatic carbocycles. The van der Waals surface area contributed by atoms with E-state index in [2.05, 4.69) is 5.32 Å². The normalized spacial score (nSPS) is 13.5. The Bertz CT molecular complexity index is 485. The molecule has 0 aromatic heterocycles. The lowest BCUT2D eigenvalue weighted by Crippen LogP contribution is -2.34. The van der Waals surface area contributed by atoms with Crippen LogP contribution < -0.4 is 5.32 Å². The summed E-state index contributed by atoms with van der Waals surface area (Å²) >= 11 is 0. The molecule has 1 amide bonds. The van der Waals surface area contributed by atoms with Gasteiger partial charge < -0.3 is 15.5 Å². The maximum atomic E-state index is 13.3. The summed E-state index contributed by atoms with van der Waals surface area (Å²) in [5, 5.41) is 30.6. The van der Waals surface area contributed by atoms with Crippen LogP contribution in [0.15, 0.2) is 18.2 Å². The van der Waals surface area contributed by atoms with Crippen LogP contribution in [0.2, 0.25) is 0 Å². The van der Waals surface area contributed by atoms with Gasteiger partial charge in [0, 0.05) is 19.0 Å². The van der Waals surface area contributed by atoms with E-state index in [4.69, 9.17) is 5.26 Å². The second kappa shape index (κ2) is 6.10. The van der Waals surface area contributed by atoms with Gasteiger partial charge in [0.1, 0.15) is 24.1 Å². The smallest absolute Gasteiger partial charge is 0.216 e. The molecule has 1 rings (SSSR count). The van der Waals surface area contributed by atoms with Gasteiger partial charge in [-0.3, -0.25) is 4.79 Å². The first-order valence-electron chi connectivity index (χ1n) is 5.26. The molecule has 0 radical (unpaired) electrons. The lowest BCUT2D eigenvalue weighted by Gasteiger charge is -2.19. The Kier molecular flexibility index (Phi) is 4.77. The minimum atomic E-state index is -1.44. The summed E-state index contributed by atoms with van der Waals surface area (Å²) in [6.07, 6.45) is -2.76. The second-order valence-corrected chi connectivity index (χ2v) is 3.77. The molecule has 0 bridgehead atoms. The molecule has 0 fully saturated rings. The minimum absolute atomic E-state index is 0.00430. The summed E-state index contributed by atoms with van der Waals surface area (Å²) in [6, 6.07) is 5.41. The molecule has 0 saturated heterocycles. The van der Waals surface area contributed by atoms with Crippen molar-refractivity contribution in [3.05, 3.63) is 35.1 Å². The molecule has 0 heterocycles. The molecule has 96 valence electrons. The van der Waals surface area contributed by atoms with E-state index < -0.39 is 18.0 Å². The van der Waals surface area contributed by atoms with Gasteiger partial charge in [0.25, 0.3) is 0 Å². The Labute approximate surface area is 103 Å². The number of aliphatic hydroxyl groups is 2. The van der Waals surface area contributed by atoms with Gasteiger partial charge in [-0.2, -0.15) is 5.26 Å². The molecule has 6 heteroatoms. The van der Waals surface area contributed by atoms with E-state index in [-0.39, 0.29) is 23.6 Å². The van der Waals surface area contributed by atoms with Crippen LogP contribution in [0.25, 0.3) is 0 Å². The highest BCUT2D eigenvalue weighted by molar-refractivity contribution is 5.72. The largest absolute Gasteiger partial charge is 0.388 e. The number of nitriles is 1. The Morgan fingerprint density at radius 1 is 1.56 bits per heavy atom. The Hall–Kier alpha value is -1.97. The van der Waals surface area contributed by atoms with Crippen molar-refractivity contribution in [1.82, 2.24) is 5.32 Å². The first-order chi connectivity index (χ1) is 8.47. The zero-order valence-electron chi connectivity index (χ0n) is 9.72. The van der Waals surface area contributed by atoms with Crippen molar-refractivity contribution in [1.29, 1.82) is 5.26 Å². The third kappa shape index (κ3) is 3.26. The standard InChI is InChI=1S/C12H13FN2O3/c1-7(16)15-6-11(17)12(18)8-3-2-4-10(13)9(8)5-14/h2-4,11-12,17-18H,6H2,1H3,(H,15,16). The van der Waals surface area contributed by atoms with Crippen molar-refractivity contribution in [3.63, 3.8) is 0 Å². The maximum absolute atomic E-state index is 13.3. The molecule has 5 nitrogen and oxygen atoms in total. The lowest BCUT2D eigenvalue weighted by atomic mass is 9.99. The zero-order valence-corrected chi connectivity index (χ0v) is 9.72. The number of carbonyl (C=O) groups excluding carboxylic acids is 1. The van der Waals surface area contributed by atoms with E-state index in [1.54, 1.807) is 6.07 Å². The summed E-state index contributed by atoms with van der Waals surface area (Å²) in [4.78, 5) is 10.7. The zero-order chi connectivity index (χ0) is 13.7. The molecule has 18 heavy (non-hydrogen) atoms. The van der Waals surface area contributed by atoms with E-state index in [0.29, 0.717) is 0 Å². The molecule has 0 aliphatic carbocycles. The Morgan fingerprint density at radius 3 is 2.78 bits per heavy atom. The molecule has 2 unspecified atom stereocenters. The SMILES string of the molecule is CC(=O)NCC(O)C(O)c1cccc(F)c1C#N. The summed E-state index contributed by atoms with van der Waals surface area (Å²) in [5.74, 6) is -1.12. The third-order valence-corrected chi connectivity index (χ3v) is 2.40. The van der Waals surface area contributed by atoms with Crippen LogP contribution in [0.3, 0.4) is 0 Å². The van der Waals surface area contributed by atoms with Crippen LogP contribution in [0, 0.1) is 17.1 Å². The van der Waals surface area contributed by atoms with Crippen LogP contribution >= 0.6 is 0 Å². The van der Waals surface area contributed by atoms with E-state index in [0.717, 1.165) is 6.07 Å². The molecule has 0 saturated carbocycles. The summed E-state index contributed by atoms with van der Waals surface area (Å²) in [6.45, 7) is 1.08. The molecule has 1 aromatic rings. The topological polar surface area (TPSA) is 93.3 Å². The number of nitrogens with zero attached hydrogens (tertiary/aromatic N) is 1. The quantitative estimate of drug-likeness (QED) is 0.715. The predicted molar refractivity (Wildman–Crippen MR) is 60.8 cm³/mol. The fourth-order valence-corrected chi connectivity index (χ4v) is 1.47. The van der Waals surface area contributed by atoms with Crippen molar-refractivity contribution >= 4 is 5.91 Å². The number of amides is 1. The van der Waals surface area contributed by atoms with Crippen LogP contribution in [0.5, 0.6) is 0 Å². The van der Waals surface area contributed by atoms with E-state index in [1.165, 1.54) is 19.1 Å². The van der Waals surface area contributed by atoms with Crippen molar-refractivity contribution in [2.45, 2.75) is 19.1 Å². The highest BCUT2D eigenvalue weighted by Gasteiger charge is 2.22. The first-order valence-corrected chi connectivity index (χ1v) is 5.26. The molecular weight excluding hydrogens is 239 g/mol. The maximum Gasteiger partial charge on any atom is 0.216 e. The number of halogens is 1. The van der Waals surface area contributed by atoms with E-state index >= 15 is 0 Å². The molecule has 0 aliphatic rings. The van der Waals surface area contributed by atoms with Crippen molar-refractivity contribution in [3.8, 4) is 6.07 Å². The van der Waals surface area contributed by atoms with Crippen LogP contribution in [0.4, 0.5) is 4.39 Å². The van der Waals surface area contributed by atoms with Gasteiger partial charge in [0.15, 0.2) is 0 Å². The van der Waals surface area contributed by atoms with Crippen LogP contribution in [-0.4, -0.2) is 28.8 Å². The number of benzene rings is 1. The van der Waals surface area contributed by atoms with Crippen molar-refractivity contribution in [2.75, 3.05) is 6.54 Å². The molecule has 0 aliphatic heterocycles. The molecule has 2 atom stereocenters. The Morgan fingerprint density at radius 2 is 2.22 bits per heavy atom. The highest BCUT2D eigenvalue weighted by Crippen LogP contribution is 2.22. The van der Waals surface area contributed by atoms with Gasteiger partial charge in [-0.05, 0) is 6.07 Å². The lowest BCUT2D eigenvalue weighted by molar-refractivity contribution is -0.119. The average Bonchev–Trinajstić information content (AvgIpc) is 2.34. The number of hydrogen-bond donors (Lipinski definition) is 3. The number of aliphatic hydroxyl groups excluding tert-OH is 2. The van der Waals surface area contributed by atoms with Crippen LogP contribution in [-0.2, 0) is 4.79 Å². The minimum Gasteiger partial charge on any atom is -0.388 e.